The summed E-state index contributed by atoms with van der Waals surface area (Å²) >= 11 is 0. The molecule has 1 N–H and O–H groups in total. The maximum absolute atomic E-state index is 12.8. The van der Waals surface area contributed by atoms with Crippen LogP contribution in [0.4, 0.5) is 22.7 Å². The zero-order valence-corrected chi connectivity index (χ0v) is 21.4. The van der Waals surface area contributed by atoms with E-state index >= 15 is 0 Å². The van der Waals surface area contributed by atoms with Gasteiger partial charge in [-0.3, -0.25) is 9.59 Å². The van der Waals surface area contributed by atoms with E-state index in [1.54, 1.807) is 9.80 Å². The zero-order valence-electron chi connectivity index (χ0n) is 21.4. The normalized spacial score (nSPS) is 22.7. The highest BCUT2D eigenvalue weighted by Crippen LogP contribution is 2.40. The van der Waals surface area contributed by atoms with Crippen molar-refractivity contribution in [3.63, 3.8) is 0 Å². The number of hydrogen-bond acceptors (Lipinski definition) is 6. The van der Waals surface area contributed by atoms with Crippen molar-refractivity contribution >= 4 is 35.1 Å². The Hall–Kier alpha value is -3.10. The summed E-state index contributed by atoms with van der Waals surface area (Å²) in [7, 11) is 1.87. The summed E-state index contributed by atoms with van der Waals surface area (Å²) in [5.74, 6) is 0.147. The van der Waals surface area contributed by atoms with Gasteiger partial charge in [0.1, 0.15) is 6.04 Å². The summed E-state index contributed by atoms with van der Waals surface area (Å²) in [6.07, 6.45) is 2.82. The Morgan fingerprint density at radius 1 is 0.972 bits per heavy atom. The molecule has 0 aromatic heterocycles. The van der Waals surface area contributed by atoms with Crippen molar-refractivity contribution in [2.45, 2.75) is 38.8 Å². The smallest absolute Gasteiger partial charge is 0.249 e. The minimum absolute atomic E-state index is 0.147. The molecule has 1 atom stereocenters. The van der Waals surface area contributed by atoms with Crippen molar-refractivity contribution in [2.24, 2.45) is 5.41 Å². The first-order valence-corrected chi connectivity index (χ1v) is 12.8. The zero-order chi connectivity index (χ0) is 25.3. The van der Waals surface area contributed by atoms with Gasteiger partial charge in [0.25, 0.3) is 0 Å². The molecule has 4 aliphatic rings. The van der Waals surface area contributed by atoms with Crippen LogP contribution in [-0.4, -0.2) is 75.9 Å². The van der Waals surface area contributed by atoms with Crippen LogP contribution in [0.25, 0.3) is 0 Å². The number of likely N-dealkylation sites (N-methyl/N-ethyl adjacent to an activating group) is 1. The third-order valence-electron chi connectivity index (χ3n) is 7.69. The van der Waals surface area contributed by atoms with E-state index in [0.29, 0.717) is 11.5 Å². The molecule has 1 spiro atoms. The van der Waals surface area contributed by atoms with Gasteiger partial charge in [0.2, 0.25) is 12.3 Å². The summed E-state index contributed by atoms with van der Waals surface area (Å²) < 4.78 is 10.6. The van der Waals surface area contributed by atoms with Crippen molar-refractivity contribution < 1.29 is 19.1 Å². The molecule has 192 valence electrons. The number of aryl methyl sites for hydroxylation is 1. The molecule has 1 unspecified atom stereocenters. The average Bonchev–Trinajstić information content (AvgIpc) is 2.84. The van der Waals surface area contributed by atoms with Gasteiger partial charge in [-0.1, -0.05) is 17.7 Å². The van der Waals surface area contributed by atoms with E-state index in [4.69, 9.17) is 9.47 Å². The van der Waals surface area contributed by atoms with Crippen LogP contribution in [0.3, 0.4) is 0 Å². The topological polar surface area (TPSA) is 74.4 Å². The van der Waals surface area contributed by atoms with E-state index < -0.39 is 0 Å². The third kappa shape index (κ3) is 4.80. The molecule has 4 aliphatic heterocycles. The van der Waals surface area contributed by atoms with Gasteiger partial charge < -0.3 is 29.5 Å². The van der Waals surface area contributed by atoms with Crippen molar-refractivity contribution in [3.05, 3.63) is 48.0 Å². The Morgan fingerprint density at radius 2 is 1.64 bits per heavy atom. The van der Waals surface area contributed by atoms with Crippen LogP contribution in [0.15, 0.2) is 42.5 Å². The average molecular weight is 493 g/mol. The molecule has 0 aliphatic carbocycles. The first kappa shape index (κ1) is 24.6. The summed E-state index contributed by atoms with van der Waals surface area (Å²) in [5.41, 5.74) is 5.82. The van der Waals surface area contributed by atoms with Crippen molar-refractivity contribution in [1.29, 1.82) is 0 Å². The van der Waals surface area contributed by atoms with Crippen molar-refractivity contribution in [3.8, 4) is 0 Å². The first-order chi connectivity index (χ1) is 17.4. The van der Waals surface area contributed by atoms with Crippen LogP contribution in [0.1, 0.15) is 25.3 Å². The molecule has 3 fully saturated rings. The van der Waals surface area contributed by atoms with E-state index in [1.807, 2.05) is 26.1 Å². The predicted molar refractivity (Wildman–Crippen MR) is 141 cm³/mol. The summed E-state index contributed by atoms with van der Waals surface area (Å²) in [6, 6.07) is 14.8. The third-order valence-corrected chi connectivity index (χ3v) is 7.69. The fourth-order valence-corrected chi connectivity index (χ4v) is 5.56. The highest BCUT2D eigenvalue weighted by Gasteiger charge is 2.48. The van der Waals surface area contributed by atoms with Gasteiger partial charge in [0, 0.05) is 50.8 Å². The summed E-state index contributed by atoms with van der Waals surface area (Å²) in [5, 5.41) is 3.49. The van der Waals surface area contributed by atoms with E-state index in [-0.39, 0.29) is 11.9 Å². The van der Waals surface area contributed by atoms with E-state index in [0.717, 1.165) is 81.5 Å². The fraction of sp³-hybridized carbons (Fsp3) is 0.500. The molecule has 8 nitrogen and oxygen atoms in total. The minimum Gasteiger partial charge on any atom is -0.381 e. The minimum atomic E-state index is -0.166. The number of hydrogen-bond donors (Lipinski definition) is 1. The highest BCUT2D eigenvalue weighted by atomic mass is 16.5. The number of nitrogens with one attached hydrogen (secondary N) is 1. The molecule has 36 heavy (non-hydrogen) atoms. The number of fused-ring (bicyclic) bond motifs is 1. The Labute approximate surface area is 213 Å². The van der Waals surface area contributed by atoms with Crippen LogP contribution in [-0.2, 0) is 19.1 Å². The van der Waals surface area contributed by atoms with Crippen LogP contribution in [0.2, 0.25) is 0 Å². The van der Waals surface area contributed by atoms with Gasteiger partial charge in [0.05, 0.1) is 30.0 Å². The Bertz CT molecular complexity index is 1090. The lowest BCUT2D eigenvalue weighted by molar-refractivity contribution is -0.188. The molecule has 2 amide bonds. The molecule has 8 heteroatoms. The quantitative estimate of drug-likeness (QED) is 0.658. The second kappa shape index (κ2) is 10.1. The molecular formula is C28H36N4O4. The maximum Gasteiger partial charge on any atom is 0.249 e. The van der Waals surface area contributed by atoms with Gasteiger partial charge in [-0.2, -0.15) is 0 Å². The van der Waals surface area contributed by atoms with Crippen molar-refractivity contribution in [1.82, 2.24) is 4.90 Å². The van der Waals surface area contributed by atoms with Crippen LogP contribution >= 0.6 is 0 Å². The molecule has 0 bridgehead atoms. The Balaban J connectivity index is 0.000000247. The van der Waals surface area contributed by atoms with Crippen LogP contribution in [0, 0.1) is 12.3 Å². The summed E-state index contributed by atoms with van der Waals surface area (Å²) in [4.78, 5) is 28.8. The highest BCUT2D eigenvalue weighted by molar-refractivity contribution is 6.05. The number of amides is 2. The number of likely N-dealkylation sites (tertiary alicyclic amines) is 1. The lowest BCUT2D eigenvalue weighted by Crippen LogP contribution is -2.65. The lowest BCUT2D eigenvalue weighted by Gasteiger charge is -2.53. The Kier molecular flexibility index (Phi) is 6.90. The molecule has 0 saturated carbocycles. The SMILES string of the molecule is Cc1ccc(Nc2ccc3c(c2)N(C2CCOCC2)C(C)C(=O)N3C)cc1.O=CN1CC2(COC2)C1. The number of carbonyl (C=O) groups excluding carboxylic acids is 2. The van der Waals surface area contributed by atoms with Gasteiger partial charge in [0.15, 0.2) is 0 Å². The van der Waals surface area contributed by atoms with Crippen molar-refractivity contribution in [2.75, 3.05) is 61.7 Å². The lowest BCUT2D eigenvalue weighted by atomic mass is 9.78. The number of rotatable bonds is 4. The molecule has 4 heterocycles. The van der Waals surface area contributed by atoms with Crippen LogP contribution < -0.4 is 15.1 Å². The van der Waals surface area contributed by atoms with Gasteiger partial charge in [-0.25, -0.2) is 0 Å². The second-order valence-electron chi connectivity index (χ2n) is 10.5. The van der Waals surface area contributed by atoms with Gasteiger partial charge in [-0.05, 0) is 57.0 Å². The van der Waals surface area contributed by atoms with E-state index in [9.17, 15) is 9.59 Å². The largest absolute Gasteiger partial charge is 0.381 e. The van der Waals surface area contributed by atoms with Crippen LogP contribution in [0.5, 0.6) is 0 Å². The first-order valence-electron chi connectivity index (χ1n) is 12.8. The van der Waals surface area contributed by atoms with E-state index in [1.165, 1.54) is 5.56 Å². The molecule has 6 rings (SSSR count). The van der Waals surface area contributed by atoms with Gasteiger partial charge in [-0.15, -0.1) is 0 Å². The maximum atomic E-state index is 12.8. The second-order valence-corrected chi connectivity index (χ2v) is 10.5. The monoisotopic (exact) mass is 492 g/mol. The van der Waals surface area contributed by atoms with Gasteiger partial charge >= 0.3 is 0 Å². The van der Waals surface area contributed by atoms with E-state index in [2.05, 4.69) is 47.5 Å². The predicted octanol–water partition coefficient (Wildman–Crippen LogP) is 3.56. The number of nitrogens with zero attached hydrogens (tertiary/aromatic N) is 3. The number of ether oxygens (including phenoxy) is 2. The molecule has 3 saturated heterocycles. The molecule has 0 radical (unpaired) electrons. The fourth-order valence-electron chi connectivity index (χ4n) is 5.56. The standard InChI is InChI=1S/C22H27N3O2.C6H9NO2/c1-15-4-6-17(7-5-15)23-18-8-9-20-21(14-18)25(16(2)22(26)24(20)3)19-10-12-27-13-11-19;8-5-7-1-6(2-7)3-9-4-6/h4-9,14,16,19,23H,10-13H2,1-3H3;5H,1-4H2. The molecule has 2 aromatic carbocycles. The molecular weight excluding hydrogens is 456 g/mol. The number of anilines is 4. The Morgan fingerprint density at radius 3 is 2.25 bits per heavy atom. The number of carbonyl (C=O) groups is 2. The molecule has 2 aromatic rings. The number of benzene rings is 2. The summed E-state index contributed by atoms with van der Waals surface area (Å²) in [6.45, 7) is 9.16.